The number of methoxy groups -OCH3 is 2. The van der Waals surface area contributed by atoms with Gasteiger partial charge in [-0.2, -0.15) is 0 Å². The molecule has 4 atom stereocenters. The minimum atomic E-state index is -1.02. The van der Waals surface area contributed by atoms with Gasteiger partial charge in [0.05, 0.1) is 6.61 Å². The summed E-state index contributed by atoms with van der Waals surface area (Å²) in [6.45, 7) is 7.16. The van der Waals surface area contributed by atoms with Gasteiger partial charge in [-0.1, -0.05) is 26.0 Å². The van der Waals surface area contributed by atoms with Crippen LogP contribution in [0.4, 0.5) is 0 Å². The summed E-state index contributed by atoms with van der Waals surface area (Å²) in [5, 5.41) is 12.5. The summed E-state index contributed by atoms with van der Waals surface area (Å²) >= 11 is 0. The maximum absolute atomic E-state index is 9.53. The number of ether oxygens (including phenoxy) is 4. The third kappa shape index (κ3) is 7.15. The highest BCUT2D eigenvalue weighted by atomic mass is 16.7. The largest absolute Gasteiger partial charge is 0.465 e. The summed E-state index contributed by atoms with van der Waals surface area (Å²) in [5.74, 6) is 1.34. The van der Waals surface area contributed by atoms with Crippen LogP contribution < -0.4 is 10.1 Å². The van der Waals surface area contributed by atoms with Crippen molar-refractivity contribution in [3.05, 3.63) is 29.8 Å². The molecule has 138 valence electrons. The minimum Gasteiger partial charge on any atom is -0.465 e. The number of hydrogen-bond donors (Lipinski definition) is 2. The highest BCUT2D eigenvalue weighted by Gasteiger charge is 2.16. The van der Waals surface area contributed by atoms with Crippen molar-refractivity contribution in [1.82, 2.24) is 5.32 Å². The van der Waals surface area contributed by atoms with E-state index in [1.54, 1.807) is 0 Å². The molecule has 0 heterocycles. The standard InChI is InChI=1S/C18H31NO5/c1-6-13(2)15-7-9-16(10-8-15)24-14(3)23-12-11-19-17(21-4)18(20)22-5/h7-10,13-14,17-20H,6,11-12H2,1-5H3. The highest BCUT2D eigenvalue weighted by molar-refractivity contribution is 5.29. The molecule has 0 spiro atoms. The molecule has 0 bridgehead atoms. The van der Waals surface area contributed by atoms with E-state index in [2.05, 4.69) is 31.3 Å². The Morgan fingerprint density at radius 1 is 1.08 bits per heavy atom. The zero-order chi connectivity index (χ0) is 17.9. The smallest absolute Gasteiger partial charge is 0.197 e. The molecule has 4 unspecified atom stereocenters. The average Bonchev–Trinajstić information content (AvgIpc) is 2.61. The Morgan fingerprint density at radius 3 is 2.29 bits per heavy atom. The number of nitrogens with one attached hydrogen (secondary N) is 1. The lowest BCUT2D eigenvalue weighted by atomic mass is 9.99. The molecule has 0 aromatic heterocycles. The molecular formula is C18H31NO5. The fourth-order valence-electron chi connectivity index (χ4n) is 2.19. The molecule has 0 aliphatic rings. The van der Waals surface area contributed by atoms with Crippen molar-refractivity contribution in [2.75, 3.05) is 27.4 Å². The highest BCUT2D eigenvalue weighted by Crippen LogP contribution is 2.22. The molecular weight excluding hydrogens is 310 g/mol. The van der Waals surface area contributed by atoms with Gasteiger partial charge < -0.3 is 24.1 Å². The van der Waals surface area contributed by atoms with E-state index < -0.39 is 12.5 Å². The molecule has 2 N–H and O–H groups in total. The van der Waals surface area contributed by atoms with Gasteiger partial charge in [0.15, 0.2) is 18.8 Å². The Kier molecular flexibility index (Phi) is 9.90. The summed E-state index contributed by atoms with van der Waals surface area (Å²) in [6.07, 6.45) is -0.863. The van der Waals surface area contributed by atoms with Gasteiger partial charge in [-0.25, -0.2) is 0 Å². The van der Waals surface area contributed by atoms with Crippen molar-refractivity contribution in [1.29, 1.82) is 0 Å². The second-order valence-corrected chi connectivity index (χ2v) is 5.67. The first-order valence-corrected chi connectivity index (χ1v) is 8.37. The van der Waals surface area contributed by atoms with E-state index >= 15 is 0 Å². The number of hydrogen-bond acceptors (Lipinski definition) is 6. The lowest BCUT2D eigenvalue weighted by Crippen LogP contribution is -2.44. The van der Waals surface area contributed by atoms with E-state index in [0.29, 0.717) is 19.1 Å². The van der Waals surface area contributed by atoms with Gasteiger partial charge in [0.1, 0.15) is 5.75 Å². The van der Waals surface area contributed by atoms with E-state index in [0.717, 1.165) is 12.2 Å². The van der Waals surface area contributed by atoms with Gasteiger partial charge >= 0.3 is 0 Å². The van der Waals surface area contributed by atoms with Crippen LogP contribution in [0.15, 0.2) is 24.3 Å². The SMILES string of the molecule is CCC(C)c1ccc(OC(C)OCCNC(OC)C(O)OC)cc1. The molecule has 1 aromatic rings. The van der Waals surface area contributed by atoms with E-state index in [4.69, 9.17) is 18.9 Å². The maximum atomic E-state index is 9.53. The molecule has 0 saturated carbocycles. The number of aliphatic hydroxyl groups is 1. The summed E-state index contributed by atoms with van der Waals surface area (Å²) < 4.78 is 21.2. The first kappa shape index (κ1) is 20.9. The van der Waals surface area contributed by atoms with Crippen LogP contribution in [-0.2, 0) is 14.2 Å². The second kappa shape index (κ2) is 11.4. The Balaban J connectivity index is 2.30. The van der Waals surface area contributed by atoms with E-state index in [1.165, 1.54) is 19.8 Å². The zero-order valence-corrected chi connectivity index (χ0v) is 15.3. The third-order valence-corrected chi connectivity index (χ3v) is 3.92. The third-order valence-electron chi connectivity index (χ3n) is 3.92. The van der Waals surface area contributed by atoms with Crippen molar-refractivity contribution in [3.8, 4) is 5.75 Å². The quantitative estimate of drug-likeness (QED) is 0.450. The van der Waals surface area contributed by atoms with Crippen LogP contribution in [-0.4, -0.2) is 51.3 Å². The van der Waals surface area contributed by atoms with Gasteiger partial charge in [-0.05, 0) is 37.0 Å². The summed E-state index contributed by atoms with van der Waals surface area (Å²) in [4.78, 5) is 0. The fraction of sp³-hybridized carbons (Fsp3) is 0.667. The Bertz CT molecular complexity index is 440. The zero-order valence-electron chi connectivity index (χ0n) is 15.3. The van der Waals surface area contributed by atoms with Gasteiger partial charge in [0.2, 0.25) is 0 Å². The van der Waals surface area contributed by atoms with Gasteiger partial charge in [0.25, 0.3) is 0 Å². The Morgan fingerprint density at radius 2 is 1.75 bits per heavy atom. The molecule has 24 heavy (non-hydrogen) atoms. The topological polar surface area (TPSA) is 69.2 Å². The summed E-state index contributed by atoms with van der Waals surface area (Å²) in [5.41, 5.74) is 1.31. The first-order valence-electron chi connectivity index (χ1n) is 8.37. The molecule has 0 aliphatic carbocycles. The van der Waals surface area contributed by atoms with Crippen molar-refractivity contribution < 1.29 is 24.1 Å². The normalized spacial score (nSPS) is 16.4. The van der Waals surface area contributed by atoms with Crippen LogP contribution in [0.5, 0.6) is 5.75 Å². The van der Waals surface area contributed by atoms with Crippen molar-refractivity contribution in [3.63, 3.8) is 0 Å². The van der Waals surface area contributed by atoms with Crippen molar-refractivity contribution >= 4 is 0 Å². The van der Waals surface area contributed by atoms with Crippen LogP contribution >= 0.6 is 0 Å². The number of aliphatic hydroxyl groups excluding tert-OH is 1. The van der Waals surface area contributed by atoms with E-state index in [9.17, 15) is 5.11 Å². The van der Waals surface area contributed by atoms with Gasteiger partial charge in [0, 0.05) is 20.8 Å². The molecule has 1 aromatic carbocycles. The van der Waals surface area contributed by atoms with Crippen LogP contribution in [0.25, 0.3) is 0 Å². The van der Waals surface area contributed by atoms with Crippen LogP contribution in [0.3, 0.4) is 0 Å². The van der Waals surface area contributed by atoms with Gasteiger partial charge in [-0.15, -0.1) is 0 Å². The maximum Gasteiger partial charge on any atom is 0.197 e. The molecule has 0 radical (unpaired) electrons. The van der Waals surface area contributed by atoms with Crippen molar-refractivity contribution in [2.24, 2.45) is 0 Å². The van der Waals surface area contributed by atoms with Crippen LogP contribution in [0.1, 0.15) is 38.7 Å². The fourth-order valence-corrected chi connectivity index (χ4v) is 2.19. The molecule has 6 heteroatoms. The van der Waals surface area contributed by atoms with Crippen LogP contribution in [0.2, 0.25) is 0 Å². The lowest BCUT2D eigenvalue weighted by Gasteiger charge is -2.22. The van der Waals surface area contributed by atoms with Crippen LogP contribution in [0, 0.1) is 0 Å². The average molecular weight is 341 g/mol. The molecule has 0 fully saturated rings. The Labute approximate surface area is 145 Å². The molecule has 0 amide bonds. The molecule has 0 saturated heterocycles. The van der Waals surface area contributed by atoms with E-state index in [1.807, 2.05) is 19.1 Å². The monoisotopic (exact) mass is 341 g/mol. The number of rotatable bonds is 12. The first-order chi connectivity index (χ1) is 11.5. The summed E-state index contributed by atoms with van der Waals surface area (Å²) in [7, 11) is 2.91. The molecule has 6 nitrogen and oxygen atoms in total. The second-order valence-electron chi connectivity index (χ2n) is 5.67. The summed E-state index contributed by atoms with van der Waals surface area (Å²) in [6, 6.07) is 8.12. The van der Waals surface area contributed by atoms with Crippen molar-refractivity contribution in [2.45, 2.75) is 51.9 Å². The van der Waals surface area contributed by atoms with E-state index in [-0.39, 0.29) is 6.29 Å². The number of benzene rings is 1. The van der Waals surface area contributed by atoms with Gasteiger partial charge in [-0.3, -0.25) is 5.32 Å². The predicted octanol–water partition coefficient (Wildman–Crippen LogP) is 2.47. The predicted molar refractivity (Wildman–Crippen MR) is 93.0 cm³/mol. The molecule has 1 rings (SSSR count). The molecule has 0 aliphatic heterocycles. The minimum absolute atomic E-state index is 0.366. The Hall–Kier alpha value is -1.18. The lowest BCUT2D eigenvalue weighted by molar-refractivity contribution is -0.166.